The summed E-state index contributed by atoms with van der Waals surface area (Å²) in [5.41, 5.74) is 5.35. The standard InChI is InChI=1S/C14H23N3O6S/c15-9(14(22)23)3-4-11(18)17-10(8-24-5-1-2-6-24)13(21)16-7-12(19)20/h9-10H,1-8,15H2,(H3-,16,17,18,19,20,21,22,23)/p+1/t9-,10-/m0/s1. The Morgan fingerprint density at radius 3 is 2.29 bits per heavy atom. The average molecular weight is 362 g/mol. The van der Waals surface area contributed by atoms with Crippen LogP contribution in [0.5, 0.6) is 0 Å². The van der Waals surface area contributed by atoms with Gasteiger partial charge in [-0.25, -0.2) is 0 Å². The first-order chi connectivity index (χ1) is 11.3. The summed E-state index contributed by atoms with van der Waals surface area (Å²) in [6.07, 6.45) is 2.04. The highest BCUT2D eigenvalue weighted by Crippen LogP contribution is 2.14. The predicted molar refractivity (Wildman–Crippen MR) is 88.6 cm³/mol. The molecule has 1 aliphatic rings. The fourth-order valence-electron chi connectivity index (χ4n) is 2.26. The van der Waals surface area contributed by atoms with Gasteiger partial charge < -0.3 is 26.6 Å². The van der Waals surface area contributed by atoms with Crippen LogP contribution in [-0.2, 0) is 30.1 Å². The third kappa shape index (κ3) is 7.64. The van der Waals surface area contributed by atoms with Crippen LogP contribution in [-0.4, -0.2) is 69.9 Å². The Hall–Kier alpha value is -1.81. The van der Waals surface area contributed by atoms with Crippen LogP contribution in [0.2, 0.25) is 0 Å². The van der Waals surface area contributed by atoms with Crippen molar-refractivity contribution >= 4 is 34.6 Å². The minimum Gasteiger partial charge on any atom is -0.480 e. The number of hydrogen-bond donors (Lipinski definition) is 5. The number of nitrogens with two attached hydrogens (primary N) is 1. The molecule has 0 unspecified atom stereocenters. The molecule has 0 radical (unpaired) electrons. The van der Waals surface area contributed by atoms with Crippen LogP contribution in [0.3, 0.4) is 0 Å². The summed E-state index contributed by atoms with van der Waals surface area (Å²) >= 11 is 0. The van der Waals surface area contributed by atoms with Crippen LogP contribution in [0.15, 0.2) is 0 Å². The molecule has 6 N–H and O–H groups in total. The molecule has 9 nitrogen and oxygen atoms in total. The lowest BCUT2D eigenvalue weighted by atomic mass is 10.1. The third-order valence-corrected chi connectivity index (χ3v) is 6.12. The highest BCUT2D eigenvalue weighted by atomic mass is 32.2. The number of carbonyl (C=O) groups excluding carboxylic acids is 2. The normalized spacial score (nSPS) is 17.0. The first kappa shape index (κ1) is 20.2. The molecule has 136 valence electrons. The van der Waals surface area contributed by atoms with Crippen molar-refractivity contribution in [3.8, 4) is 0 Å². The smallest absolute Gasteiger partial charge is 0.322 e. The van der Waals surface area contributed by atoms with Gasteiger partial charge in [0.05, 0.1) is 0 Å². The highest BCUT2D eigenvalue weighted by Gasteiger charge is 2.33. The molecule has 1 aliphatic heterocycles. The van der Waals surface area contributed by atoms with Crippen molar-refractivity contribution < 1.29 is 29.4 Å². The predicted octanol–water partition coefficient (Wildman–Crippen LogP) is -1.72. The number of aliphatic carboxylic acids is 2. The van der Waals surface area contributed by atoms with E-state index >= 15 is 0 Å². The van der Waals surface area contributed by atoms with E-state index in [1.807, 2.05) is 0 Å². The van der Waals surface area contributed by atoms with Gasteiger partial charge in [-0.1, -0.05) is 0 Å². The molecule has 0 bridgehead atoms. The summed E-state index contributed by atoms with van der Waals surface area (Å²) in [6, 6.07) is -1.94. The van der Waals surface area contributed by atoms with E-state index in [4.69, 9.17) is 15.9 Å². The number of carboxylic acid groups (broad SMARTS) is 2. The maximum Gasteiger partial charge on any atom is 0.322 e. The van der Waals surface area contributed by atoms with Crippen molar-refractivity contribution in [3.05, 3.63) is 0 Å². The van der Waals surface area contributed by atoms with Crippen molar-refractivity contribution in [3.63, 3.8) is 0 Å². The van der Waals surface area contributed by atoms with Gasteiger partial charge in [-0.2, -0.15) is 0 Å². The number of rotatable bonds is 10. The summed E-state index contributed by atoms with van der Waals surface area (Å²) < 4.78 is 0. The van der Waals surface area contributed by atoms with Gasteiger partial charge in [-0.3, -0.25) is 19.2 Å². The summed E-state index contributed by atoms with van der Waals surface area (Å²) in [4.78, 5) is 45.3. The largest absolute Gasteiger partial charge is 0.480 e. The molecule has 0 aromatic heterocycles. The molecule has 24 heavy (non-hydrogen) atoms. The zero-order valence-electron chi connectivity index (χ0n) is 13.3. The van der Waals surface area contributed by atoms with Crippen molar-refractivity contribution in [2.45, 2.75) is 37.8 Å². The molecule has 1 fully saturated rings. The van der Waals surface area contributed by atoms with Crippen LogP contribution in [0.25, 0.3) is 0 Å². The van der Waals surface area contributed by atoms with Crippen molar-refractivity contribution in [1.29, 1.82) is 0 Å². The monoisotopic (exact) mass is 362 g/mol. The van der Waals surface area contributed by atoms with E-state index in [-0.39, 0.29) is 23.7 Å². The fraction of sp³-hybridized carbons (Fsp3) is 0.714. The van der Waals surface area contributed by atoms with Crippen LogP contribution in [0.1, 0.15) is 25.7 Å². The Balaban J connectivity index is 2.55. The maximum absolute atomic E-state index is 12.1. The maximum atomic E-state index is 12.1. The summed E-state index contributed by atoms with van der Waals surface area (Å²) in [6.45, 7) is -0.511. The molecular weight excluding hydrogens is 338 g/mol. The Labute approximate surface area is 142 Å². The molecule has 1 heterocycles. The van der Waals surface area contributed by atoms with E-state index in [9.17, 15) is 19.2 Å². The third-order valence-electron chi connectivity index (χ3n) is 3.58. The van der Waals surface area contributed by atoms with E-state index in [2.05, 4.69) is 10.6 Å². The lowest BCUT2D eigenvalue weighted by Crippen LogP contribution is -2.51. The molecule has 2 atom stereocenters. The second-order valence-electron chi connectivity index (χ2n) is 5.61. The number of carboxylic acids is 2. The molecule has 2 amide bonds. The molecule has 0 aromatic carbocycles. The SMILES string of the molecule is N[C@@H](CCC(=O)N[C@@H](C[S+]1CCCC1)C(=O)NCC(=O)O)C(=O)O. The van der Waals surface area contributed by atoms with E-state index in [1.165, 1.54) is 0 Å². The van der Waals surface area contributed by atoms with Crippen LogP contribution in [0.4, 0.5) is 0 Å². The zero-order valence-corrected chi connectivity index (χ0v) is 14.1. The van der Waals surface area contributed by atoms with Crippen molar-refractivity contribution in [2.24, 2.45) is 5.73 Å². The Bertz CT molecular complexity index is 481. The lowest BCUT2D eigenvalue weighted by molar-refractivity contribution is -0.139. The van der Waals surface area contributed by atoms with E-state index in [0.717, 1.165) is 24.3 Å². The Morgan fingerprint density at radius 2 is 1.75 bits per heavy atom. The van der Waals surface area contributed by atoms with Gasteiger partial charge in [0.1, 0.15) is 29.8 Å². The molecule has 1 rings (SSSR count). The van der Waals surface area contributed by atoms with Gasteiger partial charge in [-0.15, -0.1) is 0 Å². The number of nitrogens with one attached hydrogen (secondary N) is 2. The highest BCUT2D eigenvalue weighted by molar-refractivity contribution is 7.97. The van der Waals surface area contributed by atoms with Crippen LogP contribution >= 0.6 is 0 Å². The fourth-order valence-corrected chi connectivity index (χ4v) is 4.73. The Morgan fingerprint density at radius 1 is 1.12 bits per heavy atom. The van der Waals surface area contributed by atoms with E-state index in [0.29, 0.717) is 5.75 Å². The summed E-state index contributed by atoms with van der Waals surface area (Å²) in [5.74, 6) is -0.875. The summed E-state index contributed by atoms with van der Waals surface area (Å²) in [7, 11) is 0.0295. The minimum atomic E-state index is -1.19. The van der Waals surface area contributed by atoms with Gasteiger partial charge in [-0.05, 0) is 30.2 Å². The lowest BCUT2D eigenvalue weighted by Gasteiger charge is -2.17. The Kier molecular flexibility index (Phi) is 8.55. The second kappa shape index (κ2) is 10.1. The number of hydrogen-bond acceptors (Lipinski definition) is 5. The minimum absolute atomic E-state index is 0.0295. The zero-order chi connectivity index (χ0) is 18.1. The molecule has 0 saturated carbocycles. The molecule has 0 spiro atoms. The quantitative estimate of drug-likeness (QED) is 0.289. The van der Waals surface area contributed by atoms with Gasteiger partial charge in [0.2, 0.25) is 11.8 Å². The molecule has 0 aliphatic carbocycles. The first-order valence-electron chi connectivity index (χ1n) is 7.71. The number of amides is 2. The van der Waals surface area contributed by atoms with Crippen LogP contribution < -0.4 is 16.4 Å². The van der Waals surface area contributed by atoms with E-state index in [1.54, 1.807) is 0 Å². The van der Waals surface area contributed by atoms with Crippen molar-refractivity contribution in [1.82, 2.24) is 10.6 Å². The average Bonchev–Trinajstić information content (AvgIpc) is 3.02. The molecular formula is C14H24N3O6S+. The molecule has 10 heteroatoms. The van der Waals surface area contributed by atoms with Crippen LogP contribution in [0, 0.1) is 0 Å². The van der Waals surface area contributed by atoms with Gasteiger partial charge >= 0.3 is 11.9 Å². The molecule has 1 saturated heterocycles. The first-order valence-corrected chi connectivity index (χ1v) is 9.44. The van der Waals surface area contributed by atoms with Crippen molar-refractivity contribution in [2.75, 3.05) is 23.8 Å². The number of carbonyl (C=O) groups is 4. The van der Waals surface area contributed by atoms with Gasteiger partial charge in [0.25, 0.3) is 0 Å². The van der Waals surface area contributed by atoms with Gasteiger partial charge in [0.15, 0.2) is 6.04 Å². The molecule has 0 aromatic rings. The van der Waals surface area contributed by atoms with E-state index < -0.39 is 42.4 Å². The second-order valence-corrected chi connectivity index (χ2v) is 7.98. The van der Waals surface area contributed by atoms with Gasteiger partial charge in [0, 0.05) is 6.42 Å². The topological polar surface area (TPSA) is 159 Å². The summed E-state index contributed by atoms with van der Waals surface area (Å²) in [5, 5.41) is 22.2.